The van der Waals surface area contributed by atoms with Gasteiger partial charge < -0.3 is 9.72 Å². The first kappa shape index (κ1) is 16.1. The Kier molecular flexibility index (Phi) is 4.15. The average molecular weight is 412 g/mol. The highest BCUT2D eigenvalue weighted by molar-refractivity contribution is 9.10. The Hall–Kier alpha value is -2.44. The molecule has 2 aromatic heterocycles. The Bertz CT molecular complexity index is 1120. The van der Waals surface area contributed by atoms with Crippen LogP contribution in [0.4, 0.5) is 0 Å². The molecule has 1 N–H and O–H groups in total. The van der Waals surface area contributed by atoms with E-state index in [1.165, 1.54) is 0 Å². The minimum Gasteiger partial charge on any atom is -0.497 e. The van der Waals surface area contributed by atoms with E-state index in [4.69, 9.17) is 17.0 Å². The number of nitrogens with zero attached hydrogens (tertiary/aromatic N) is 2. The van der Waals surface area contributed by atoms with Crippen LogP contribution in [0.3, 0.4) is 0 Å². The number of rotatable bonds is 3. The van der Waals surface area contributed by atoms with Gasteiger partial charge in [-0.25, -0.2) is 4.98 Å². The van der Waals surface area contributed by atoms with Gasteiger partial charge in [-0.15, -0.1) is 0 Å². The van der Waals surface area contributed by atoms with Gasteiger partial charge in [0.2, 0.25) is 4.77 Å². The number of imidazole rings is 1. The molecule has 6 heteroatoms. The third-order valence-electron chi connectivity index (χ3n) is 4.05. The van der Waals surface area contributed by atoms with Crippen molar-refractivity contribution in [3.63, 3.8) is 0 Å². The number of hydrogen-bond acceptors (Lipinski definition) is 3. The fourth-order valence-corrected chi connectivity index (χ4v) is 3.24. The number of aromatic amines is 1. The summed E-state index contributed by atoms with van der Waals surface area (Å²) in [7, 11) is 1.66. The minimum atomic E-state index is 0.515. The maximum absolute atomic E-state index is 5.40. The number of H-pyrrole nitrogens is 1. The van der Waals surface area contributed by atoms with Gasteiger partial charge in [0.25, 0.3) is 0 Å². The molecular formula is C19H14BrN3OS. The molecule has 4 aromatic rings. The van der Waals surface area contributed by atoms with Crippen LogP contribution in [-0.2, 0) is 0 Å². The number of fused-ring (bicyclic) bond motifs is 1. The maximum atomic E-state index is 5.40. The van der Waals surface area contributed by atoms with Crippen molar-refractivity contribution in [3.05, 3.63) is 70.2 Å². The molecule has 25 heavy (non-hydrogen) atoms. The second-order valence-electron chi connectivity index (χ2n) is 5.58. The summed E-state index contributed by atoms with van der Waals surface area (Å²) in [6, 6.07) is 16.0. The molecule has 0 spiro atoms. The number of methoxy groups -OCH3 is 1. The van der Waals surface area contributed by atoms with Gasteiger partial charge in [0.05, 0.1) is 12.8 Å². The first-order chi connectivity index (χ1) is 12.2. The number of benzene rings is 2. The van der Waals surface area contributed by atoms with Crippen LogP contribution in [-0.4, -0.2) is 21.5 Å². The molecule has 0 fully saturated rings. The Labute approximate surface area is 158 Å². The number of nitrogens with one attached hydrogen (secondary N) is 1. The summed E-state index contributed by atoms with van der Waals surface area (Å²) in [5.41, 5.74) is 4.96. The van der Waals surface area contributed by atoms with Gasteiger partial charge in [-0.05, 0) is 47.6 Å². The molecule has 0 aliphatic rings. The topological polar surface area (TPSA) is 42.3 Å². The van der Waals surface area contributed by atoms with E-state index in [1.54, 1.807) is 13.3 Å². The standard InChI is InChI=1S/C19H14BrN3OS/c1-24-15-4-2-3-13(9-15)16-10-21-19(25)23-11-17(22-18(16)23)12-5-7-14(20)8-6-12/h2-11,22H,1H3. The Morgan fingerprint density at radius 3 is 2.68 bits per heavy atom. The van der Waals surface area contributed by atoms with E-state index in [9.17, 15) is 0 Å². The van der Waals surface area contributed by atoms with Gasteiger partial charge in [0.1, 0.15) is 11.4 Å². The normalized spacial score (nSPS) is 11.0. The van der Waals surface area contributed by atoms with Gasteiger partial charge in [0.15, 0.2) is 0 Å². The summed E-state index contributed by atoms with van der Waals surface area (Å²) in [4.78, 5) is 7.85. The molecule has 4 rings (SSSR count). The van der Waals surface area contributed by atoms with Crippen molar-refractivity contribution in [1.82, 2.24) is 14.4 Å². The first-order valence-corrected chi connectivity index (χ1v) is 8.86. The van der Waals surface area contributed by atoms with Crippen LogP contribution >= 0.6 is 28.1 Å². The van der Waals surface area contributed by atoms with Crippen LogP contribution in [0.15, 0.2) is 65.4 Å². The largest absolute Gasteiger partial charge is 0.497 e. The molecule has 0 saturated carbocycles. The summed E-state index contributed by atoms with van der Waals surface area (Å²) in [5.74, 6) is 0.804. The fourth-order valence-electron chi connectivity index (χ4n) is 2.78. The Balaban J connectivity index is 1.93. The van der Waals surface area contributed by atoms with Crippen LogP contribution in [0, 0.1) is 4.77 Å². The smallest absolute Gasteiger partial charge is 0.205 e. The molecule has 4 nitrogen and oxygen atoms in total. The first-order valence-electron chi connectivity index (χ1n) is 7.66. The van der Waals surface area contributed by atoms with E-state index in [0.29, 0.717) is 4.77 Å². The van der Waals surface area contributed by atoms with Crippen LogP contribution in [0.2, 0.25) is 0 Å². The van der Waals surface area contributed by atoms with E-state index in [2.05, 4.69) is 38.0 Å². The fraction of sp³-hybridized carbons (Fsp3) is 0.0526. The summed E-state index contributed by atoms with van der Waals surface area (Å²) in [6.07, 6.45) is 3.78. The molecule has 0 radical (unpaired) electrons. The van der Waals surface area contributed by atoms with Crippen molar-refractivity contribution < 1.29 is 4.74 Å². The summed E-state index contributed by atoms with van der Waals surface area (Å²) in [5, 5.41) is 0. The lowest BCUT2D eigenvalue weighted by atomic mass is 10.1. The van der Waals surface area contributed by atoms with Crippen molar-refractivity contribution in [2.45, 2.75) is 0 Å². The lowest BCUT2D eigenvalue weighted by Gasteiger charge is -2.06. The highest BCUT2D eigenvalue weighted by Crippen LogP contribution is 2.29. The molecule has 0 unspecified atom stereocenters. The third kappa shape index (κ3) is 2.99. The molecule has 2 aromatic carbocycles. The van der Waals surface area contributed by atoms with E-state index in [1.807, 2.05) is 47.0 Å². The number of halogens is 1. The molecule has 0 atom stereocenters. The van der Waals surface area contributed by atoms with Gasteiger partial charge in [-0.3, -0.25) is 4.40 Å². The van der Waals surface area contributed by atoms with Crippen molar-refractivity contribution in [2.75, 3.05) is 7.11 Å². The second-order valence-corrected chi connectivity index (χ2v) is 6.86. The molecule has 0 amide bonds. The third-order valence-corrected chi connectivity index (χ3v) is 4.88. The van der Waals surface area contributed by atoms with Crippen LogP contribution < -0.4 is 4.74 Å². The van der Waals surface area contributed by atoms with Gasteiger partial charge in [-0.2, -0.15) is 0 Å². The molecule has 0 saturated heterocycles. The zero-order chi connectivity index (χ0) is 17.4. The van der Waals surface area contributed by atoms with E-state index >= 15 is 0 Å². The number of ether oxygens (including phenoxy) is 1. The zero-order valence-electron chi connectivity index (χ0n) is 13.4. The van der Waals surface area contributed by atoms with Crippen LogP contribution in [0.5, 0.6) is 5.75 Å². The monoisotopic (exact) mass is 411 g/mol. The predicted molar refractivity (Wildman–Crippen MR) is 106 cm³/mol. The van der Waals surface area contributed by atoms with Gasteiger partial charge in [0, 0.05) is 22.4 Å². The lowest BCUT2D eigenvalue weighted by molar-refractivity contribution is 0.415. The van der Waals surface area contributed by atoms with Gasteiger partial charge in [-0.1, -0.05) is 40.2 Å². The molecular weight excluding hydrogens is 398 g/mol. The lowest BCUT2D eigenvalue weighted by Crippen LogP contribution is -1.93. The van der Waals surface area contributed by atoms with Crippen molar-refractivity contribution in [2.24, 2.45) is 0 Å². The van der Waals surface area contributed by atoms with Crippen LogP contribution in [0.25, 0.3) is 28.0 Å². The summed E-state index contributed by atoms with van der Waals surface area (Å²) < 4.78 is 8.80. The second kappa shape index (κ2) is 6.46. The predicted octanol–water partition coefficient (Wildman–Crippen LogP) is 5.50. The van der Waals surface area contributed by atoms with Crippen LogP contribution in [0.1, 0.15) is 0 Å². The summed E-state index contributed by atoms with van der Waals surface area (Å²) in [6.45, 7) is 0. The molecule has 124 valence electrons. The van der Waals surface area contributed by atoms with Crippen molar-refractivity contribution in [3.8, 4) is 28.1 Å². The molecule has 0 aliphatic heterocycles. The average Bonchev–Trinajstić information content (AvgIpc) is 3.09. The van der Waals surface area contributed by atoms with Gasteiger partial charge >= 0.3 is 0 Å². The number of hydrogen-bond donors (Lipinski definition) is 1. The summed E-state index contributed by atoms with van der Waals surface area (Å²) >= 11 is 8.86. The molecule has 0 aliphatic carbocycles. The highest BCUT2D eigenvalue weighted by atomic mass is 79.9. The molecule has 0 bridgehead atoms. The maximum Gasteiger partial charge on any atom is 0.205 e. The van der Waals surface area contributed by atoms with Crippen molar-refractivity contribution in [1.29, 1.82) is 0 Å². The van der Waals surface area contributed by atoms with E-state index in [0.717, 1.165) is 38.3 Å². The highest BCUT2D eigenvalue weighted by Gasteiger charge is 2.11. The Morgan fingerprint density at radius 1 is 1.12 bits per heavy atom. The van der Waals surface area contributed by atoms with Crippen molar-refractivity contribution >= 4 is 33.8 Å². The SMILES string of the molecule is COc1cccc(-c2cnc(=S)n3cc(-c4ccc(Br)cc4)[nH]c23)c1. The van der Waals surface area contributed by atoms with E-state index in [-0.39, 0.29) is 0 Å². The zero-order valence-corrected chi connectivity index (χ0v) is 15.8. The van der Waals surface area contributed by atoms with E-state index < -0.39 is 0 Å². The number of aromatic nitrogens is 3. The molecule has 2 heterocycles. The Morgan fingerprint density at radius 2 is 1.92 bits per heavy atom. The quantitative estimate of drug-likeness (QED) is 0.452. The minimum absolute atomic E-state index is 0.515.